The van der Waals surface area contributed by atoms with Gasteiger partial charge in [-0.2, -0.15) is 0 Å². The molecule has 3 N–H and O–H groups in total. The first-order valence-electron chi connectivity index (χ1n) is 11.9. The van der Waals surface area contributed by atoms with E-state index >= 15 is 0 Å². The molecule has 0 aromatic carbocycles. The Kier molecular flexibility index (Phi) is 7.39. The minimum atomic E-state index is -1.02. The number of aromatic amines is 1. The normalized spacial score (nSPS) is 15.7. The highest BCUT2D eigenvalue weighted by molar-refractivity contribution is 6.07. The molecule has 2 aromatic heterocycles. The molecule has 0 aliphatic heterocycles. The monoisotopic (exact) mass is 457 g/mol. The highest BCUT2D eigenvalue weighted by Gasteiger charge is 2.41. The molecule has 0 bridgehead atoms. The van der Waals surface area contributed by atoms with E-state index in [0.717, 1.165) is 19.3 Å². The highest BCUT2D eigenvalue weighted by Crippen LogP contribution is 2.30. The van der Waals surface area contributed by atoms with Crippen LogP contribution >= 0.6 is 0 Å². The van der Waals surface area contributed by atoms with Crippen molar-refractivity contribution >= 4 is 22.8 Å². The summed E-state index contributed by atoms with van der Waals surface area (Å²) in [5, 5.41) is 5.89. The molecule has 0 saturated heterocycles. The lowest BCUT2D eigenvalue weighted by atomic mass is 9.80. The number of pyridine rings is 1. The Bertz CT molecular complexity index is 1160. The number of nitrogens with one attached hydrogen (secondary N) is 3. The molecule has 0 spiro atoms. The van der Waals surface area contributed by atoms with Crippen molar-refractivity contribution in [2.75, 3.05) is 6.54 Å². The molecular formula is C24H35N5O4. The number of aromatic nitrogens is 3. The number of hydrogen-bond acceptors (Lipinski definition) is 5. The molecule has 2 heterocycles. The van der Waals surface area contributed by atoms with Gasteiger partial charge in [-0.25, -0.2) is 9.78 Å². The Morgan fingerprint density at radius 3 is 2.39 bits per heavy atom. The van der Waals surface area contributed by atoms with Crippen LogP contribution < -0.4 is 21.9 Å². The van der Waals surface area contributed by atoms with E-state index in [0.29, 0.717) is 31.6 Å². The van der Waals surface area contributed by atoms with Crippen LogP contribution in [0.15, 0.2) is 15.7 Å². The first kappa shape index (κ1) is 24.7. The first-order valence-corrected chi connectivity index (χ1v) is 11.9. The number of hydrogen-bond donors (Lipinski definition) is 3. The van der Waals surface area contributed by atoms with Crippen molar-refractivity contribution < 1.29 is 9.59 Å². The van der Waals surface area contributed by atoms with Gasteiger partial charge in [0, 0.05) is 18.8 Å². The molecule has 9 nitrogen and oxygen atoms in total. The smallest absolute Gasteiger partial charge is 0.330 e. The summed E-state index contributed by atoms with van der Waals surface area (Å²) in [6.07, 6.45) is 3.76. The molecule has 0 unspecified atom stereocenters. The van der Waals surface area contributed by atoms with Crippen molar-refractivity contribution in [1.29, 1.82) is 0 Å². The first-order chi connectivity index (χ1) is 15.6. The quantitative estimate of drug-likeness (QED) is 0.589. The minimum absolute atomic E-state index is 0.0325. The van der Waals surface area contributed by atoms with Crippen LogP contribution in [0.4, 0.5) is 0 Å². The van der Waals surface area contributed by atoms with E-state index in [1.165, 1.54) is 4.57 Å². The van der Waals surface area contributed by atoms with Gasteiger partial charge in [0.1, 0.15) is 5.54 Å². The Morgan fingerprint density at radius 2 is 1.82 bits per heavy atom. The van der Waals surface area contributed by atoms with Gasteiger partial charge in [-0.05, 0) is 37.7 Å². The standard InChI is InChI=1S/C24H35N5O4/c1-6-25-22(32)24(10-8-7-9-11-24)28-20(30)16-12-17(15(4)5)26-19-18(16)21(31)27-23(33)29(19)13-14(2)3/h12,14-15H,6-11,13H2,1-5H3,(H,25,32)(H,28,30)(H,27,31,33). The summed E-state index contributed by atoms with van der Waals surface area (Å²) in [5.74, 6) is -0.611. The minimum Gasteiger partial charge on any atom is -0.354 e. The second-order valence-corrected chi connectivity index (χ2v) is 9.67. The fraction of sp³-hybridized carbons (Fsp3) is 0.625. The van der Waals surface area contributed by atoms with Crippen molar-refractivity contribution in [3.05, 3.63) is 38.2 Å². The Morgan fingerprint density at radius 1 is 1.15 bits per heavy atom. The molecule has 3 rings (SSSR count). The summed E-state index contributed by atoms with van der Waals surface area (Å²) in [6, 6.07) is 1.61. The summed E-state index contributed by atoms with van der Waals surface area (Å²) < 4.78 is 1.42. The molecule has 0 atom stereocenters. The van der Waals surface area contributed by atoms with Crippen LogP contribution in [0.5, 0.6) is 0 Å². The zero-order chi connectivity index (χ0) is 24.3. The summed E-state index contributed by atoms with van der Waals surface area (Å²) >= 11 is 0. The van der Waals surface area contributed by atoms with Gasteiger partial charge in [0.2, 0.25) is 5.91 Å². The number of fused-ring (bicyclic) bond motifs is 1. The molecule has 180 valence electrons. The van der Waals surface area contributed by atoms with Crippen LogP contribution in [0, 0.1) is 5.92 Å². The van der Waals surface area contributed by atoms with Crippen LogP contribution in [-0.2, 0) is 11.3 Å². The van der Waals surface area contributed by atoms with Crippen LogP contribution in [0.3, 0.4) is 0 Å². The number of carbonyl (C=O) groups is 2. The van der Waals surface area contributed by atoms with Crippen LogP contribution in [0.1, 0.15) is 88.7 Å². The largest absolute Gasteiger partial charge is 0.354 e. The zero-order valence-corrected chi connectivity index (χ0v) is 20.2. The van der Waals surface area contributed by atoms with Crippen LogP contribution in [0.25, 0.3) is 11.0 Å². The summed E-state index contributed by atoms with van der Waals surface area (Å²) in [4.78, 5) is 59.0. The lowest BCUT2D eigenvalue weighted by molar-refractivity contribution is -0.128. The maximum absolute atomic E-state index is 13.6. The van der Waals surface area contributed by atoms with Gasteiger partial charge in [-0.1, -0.05) is 47.0 Å². The number of carbonyl (C=O) groups excluding carboxylic acids is 2. The van der Waals surface area contributed by atoms with E-state index < -0.39 is 22.7 Å². The van der Waals surface area contributed by atoms with Gasteiger partial charge in [0.05, 0.1) is 10.9 Å². The number of nitrogens with zero attached hydrogens (tertiary/aromatic N) is 2. The molecule has 1 aliphatic carbocycles. The fourth-order valence-corrected chi connectivity index (χ4v) is 4.48. The third kappa shape index (κ3) is 5.02. The van der Waals surface area contributed by atoms with Crippen molar-refractivity contribution in [1.82, 2.24) is 25.2 Å². The third-order valence-electron chi connectivity index (χ3n) is 6.18. The second-order valence-electron chi connectivity index (χ2n) is 9.67. The van der Waals surface area contributed by atoms with Gasteiger partial charge < -0.3 is 10.6 Å². The van der Waals surface area contributed by atoms with Crippen molar-refractivity contribution in [3.63, 3.8) is 0 Å². The molecule has 1 aliphatic rings. The average Bonchev–Trinajstić information content (AvgIpc) is 2.76. The molecule has 1 saturated carbocycles. The number of likely N-dealkylation sites (N-methyl/N-ethyl adjacent to an activating group) is 1. The third-order valence-corrected chi connectivity index (χ3v) is 6.18. The van der Waals surface area contributed by atoms with Gasteiger partial charge in [-0.3, -0.25) is 23.9 Å². The number of rotatable bonds is 7. The number of amides is 2. The Labute approximate surface area is 193 Å². The summed E-state index contributed by atoms with van der Waals surface area (Å²) in [5.41, 5.74) is -1.28. The van der Waals surface area contributed by atoms with Gasteiger partial charge in [0.25, 0.3) is 11.5 Å². The van der Waals surface area contributed by atoms with E-state index in [1.807, 2.05) is 34.6 Å². The van der Waals surface area contributed by atoms with E-state index in [2.05, 4.69) is 20.6 Å². The number of H-pyrrole nitrogens is 1. The molecule has 0 radical (unpaired) electrons. The molecule has 1 fully saturated rings. The molecular weight excluding hydrogens is 422 g/mol. The molecule has 9 heteroatoms. The predicted octanol–water partition coefficient (Wildman–Crippen LogP) is 2.43. The topological polar surface area (TPSA) is 126 Å². The van der Waals surface area contributed by atoms with Gasteiger partial charge >= 0.3 is 5.69 Å². The van der Waals surface area contributed by atoms with E-state index in [4.69, 9.17) is 0 Å². The maximum atomic E-state index is 13.6. The molecule has 2 aromatic rings. The lowest BCUT2D eigenvalue weighted by Crippen LogP contribution is -2.59. The van der Waals surface area contributed by atoms with E-state index in [-0.39, 0.29) is 34.3 Å². The Hall–Kier alpha value is -2.97. The van der Waals surface area contributed by atoms with Crippen molar-refractivity contribution in [3.8, 4) is 0 Å². The maximum Gasteiger partial charge on any atom is 0.330 e. The van der Waals surface area contributed by atoms with Crippen LogP contribution in [0.2, 0.25) is 0 Å². The lowest BCUT2D eigenvalue weighted by Gasteiger charge is -2.36. The van der Waals surface area contributed by atoms with Gasteiger partial charge in [-0.15, -0.1) is 0 Å². The fourth-order valence-electron chi connectivity index (χ4n) is 4.48. The van der Waals surface area contributed by atoms with Crippen molar-refractivity contribution in [2.45, 2.75) is 84.7 Å². The Balaban J connectivity index is 2.20. The summed E-state index contributed by atoms with van der Waals surface area (Å²) in [7, 11) is 0. The predicted molar refractivity (Wildman–Crippen MR) is 128 cm³/mol. The highest BCUT2D eigenvalue weighted by atomic mass is 16.2. The van der Waals surface area contributed by atoms with Gasteiger partial charge in [0.15, 0.2) is 5.65 Å². The molecule has 33 heavy (non-hydrogen) atoms. The molecule has 2 amide bonds. The van der Waals surface area contributed by atoms with Crippen molar-refractivity contribution in [2.24, 2.45) is 5.92 Å². The van der Waals surface area contributed by atoms with E-state index in [9.17, 15) is 19.2 Å². The SMILES string of the molecule is CCNC(=O)C1(NC(=O)c2cc(C(C)C)nc3c2c(=O)[nH]c(=O)n3CC(C)C)CCCCC1. The van der Waals surface area contributed by atoms with Crippen LogP contribution in [-0.4, -0.2) is 38.4 Å². The second kappa shape index (κ2) is 9.89. The summed E-state index contributed by atoms with van der Waals surface area (Å²) in [6.45, 7) is 10.5. The average molecular weight is 458 g/mol. The van der Waals surface area contributed by atoms with E-state index in [1.54, 1.807) is 6.07 Å². The zero-order valence-electron chi connectivity index (χ0n) is 20.2.